The highest BCUT2D eigenvalue weighted by atomic mass is 32.2. The average molecular weight is 294 g/mol. The zero-order valence-corrected chi connectivity index (χ0v) is 12.0. The molecule has 0 N–H and O–H groups in total. The van der Waals surface area contributed by atoms with Gasteiger partial charge in [-0.2, -0.15) is 4.31 Å². The molecule has 2 heterocycles. The van der Waals surface area contributed by atoms with Crippen molar-refractivity contribution in [3.8, 4) is 10.4 Å². The first kappa shape index (κ1) is 12.8. The van der Waals surface area contributed by atoms with Crippen LogP contribution in [0.2, 0.25) is 0 Å². The van der Waals surface area contributed by atoms with Gasteiger partial charge in [0.1, 0.15) is 0 Å². The van der Waals surface area contributed by atoms with Crippen LogP contribution in [0.25, 0.3) is 10.4 Å². The third-order valence-electron chi connectivity index (χ3n) is 3.21. The lowest BCUT2D eigenvalue weighted by Gasteiger charge is -2.14. The molecule has 100 valence electrons. The number of aromatic nitrogens is 1. The van der Waals surface area contributed by atoms with E-state index in [0.717, 1.165) is 22.4 Å². The second kappa shape index (κ2) is 5.03. The Morgan fingerprint density at radius 2 is 2.21 bits per heavy atom. The summed E-state index contributed by atoms with van der Waals surface area (Å²) in [4.78, 5) is 1.10. The SMILES string of the molecule is O=S1(=O)CCCN1Cc1cccc(-c2ccns2)c1. The zero-order valence-electron chi connectivity index (χ0n) is 10.3. The Kier molecular flexibility index (Phi) is 3.38. The first-order valence-electron chi connectivity index (χ1n) is 6.13. The third-order valence-corrected chi connectivity index (χ3v) is 5.91. The monoisotopic (exact) mass is 294 g/mol. The van der Waals surface area contributed by atoms with Crippen molar-refractivity contribution in [2.75, 3.05) is 12.3 Å². The van der Waals surface area contributed by atoms with Crippen molar-refractivity contribution in [1.29, 1.82) is 0 Å². The van der Waals surface area contributed by atoms with Crippen LogP contribution in [0, 0.1) is 0 Å². The summed E-state index contributed by atoms with van der Waals surface area (Å²) in [5, 5.41) is 0. The Morgan fingerprint density at radius 1 is 1.32 bits per heavy atom. The zero-order chi connectivity index (χ0) is 13.3. The molecule has 1 aromatic carbocycles. The lowest BCUT2D eigenvalue weighted by molar-refractivity contribution is 0.440. The van der Waals surface area contributed by atoms with Crippen LogP contribution in [-0.2, 0) is 16.6 Å². The lowest BCUT2D eigenvalue weighted by atomic mass is 10.1. The van der Waals surface area contributed by atoms with Gasteiger partial charge in [-0.05, 0) is 41.2 Å². The molecule has 4 nitrogen and oxygen atoms in total. The maximum atomic E-state index is 11.8. The van der Waals surface area contributed by atoms with Crippen LogP contribution < -0.4 is 0 Å². The number of nitrogens with zero attached hydrogens (tertiary/aromatic N) is 2. The highest BCUT2D eigenvalue weighted by Crippen LogP contribution is 2.25. The van der Waals surface area contributed by atoms with E-state index in [-0.39, 0.29) is 5.75 Å². The van der Waals surface area contributed by atoms with E-state index in [4.69, 9.17) is 0 Å². The number of rotatable bonds is 3. The van der Waals surface area contributed by atoms with Gasteiger partial charge in [0.15, 0.2) is 0 Å². The molecule has 1 aliphatic heterocycles. The molecule has 19 heavy (non-hydrogen) atoms. The maximum Gasteiger partial charge on any atom is 0.214 e. The van der Waals surface area contributed by atoms with E-state index < -0.39 is 10.0 Å². The molecule has 0 aliphatic carbocycles. The van der Waals surface area contributed by atoms with E-state index in [1.54, 1.807) is 10.5 Å². The normalized spacial score (nSPS) is 18.7. The summed E-state index contributed by atoms with van der Waals surface area (Å²) < 4.78 is 29.3. The Labute approximate surface area is 116 Å². The van der Waals surface area contributed by atoms with Crippen molar-refractivity contribution >= 4 is 21.6 Å². The largest absolute Gasteiger partial charge is 0.214 e. The number of hydrogen-bond donors (Lipinski definition) is 0. The molecular formula is C13H14N2O2S2. The van der Waals surface area contributed by atoms with E-state index in [0.29, 0.717) is 13.1 Å². The third kappa shape index (κ3) is 2.70. The van der Waals surface area contributed by atoms with Gasteiger partial charge in [-0.1, -0.05) is 18.2 Å². The minimum absolute atomic E-state index is 0.279. The van der Waals surface area contributed by atoms with Crippen LogP contribution in [0.4, 0.5) is 0 Å². The summed E-state index contributed by atoms with van der Waals surface area (Å²) >= 11 is 1.45. The van der Waals surface area contributed by atoms with Gasteiger partial charge in [0.2, 0.25) is 10.0 Å². The van der Waals surface area contributed by atoms with Gasteiger partial charge in [0.25, 0.3) is 0 Å². The van der Waals surface area contributed by atoms with Crippen molar-refractivity contribution in [2.24, 2.45) is 0 Å². The molecule has 0 spiro atoms. The maximum absolute atomic E-state index is 11.8. The first-order valence-corrected chi connectivity index (χ1v) is 8.51. The summed E-state index contributed by atoms with van der Waals surface area (Å²) in [6.45, 7) is 1.10. The quantitative estimate of drug-likeness (QED) is 0.873. The molecule has 0 radical (unpaired) electrons. The molecule has 6 heteroatoms. The summed E-state index contributed by atoms with van der Waals surface area (Å²) in [6, 6.07) is 9.97. The molecule has 1 aliphatic rings. The topological polar surface area (TPSA) is 50.3 Å². The van der Waals surface area contributed by atoms with Gasteiger partial charge < -0.3 is 0 Å². The fourth-order valence-electron chi connectivity index (χ4n) is 2.26. The smallest absolute Gasteiger partial charge is 0.212 e. The summed E-state index contributed by atoms with van der Waals surface area (Å²) in [6.07, 6.45) is 2.51. The Bertz CT molecular complexity index is 666. The van der Waals surface area contributed by atoms with Crippen molar-refractivity contribution < 1.29 is 8.42 Å². The minimum Gasteiger partial charge on any atom is -0.212 e. The molecule has 0 amide bonds. The molecule has 3 rings (SSSR count). The van der Waals surface area contributed by atoms with E-state index >= 15 is 0 Å². The van der Waals surface area contributed by atoms with Gasteiger partial charge >= 0.3 is 0 Å². The van der Waals surface area contributed by atoms with Gasteiger partial charge in [0.05, 0.1) is 10.6 Å². The van der Waals surface area contributed by atoms with Crippen LogP contribution >= 0.6 is 11.5 Å². The van der Waals surface area contributed by atoms with Gasteiger partial charge in [-0.25, -0.2) is 12.8 Å². The second-order valence-corrected chi connectivity index (χ2v) is 7.50. The van der Waals surface area contributed by atoms with Crippen molar-refractivity contribution in [3.63, 3.8) is 0 Å². The number of benzene rings is 1. The van der Waals surface area contributed by atoms with E-state index in [9.17, 15) is 8.42 Å². The van der Waals surface area contributed by atoms with Crippen molar-refractivity contribution in [1.82, 2.24) is 8.68 Å². The Morgan fingerprint density at radius 3 is 2.89 bits per heavy atom. The van der Waals surface area contributed by atoms with Crippen LogP contribution in [0.15, 0.2) is 36.5 Å². The molecule has 1 aromatic heterocycles. The number of sulfonamides is 1. The van der Waals surface area contributed by atoms with Crippen molar-refractivity contribution in [3.05, 3.63) is 42.1 Å². The fourth-order valence-corrected chi connectivity index (χ4v) is 4.35. The summed E-state index contributed by atoms with van der Waals surface area (Å²) in [5.74, 6) is 0.279. The van der Waals surface area contributed by atoms with Crippen LogP contribution in [-0.4, -0.2) is 29.4 Å². The highest BCUT2D eigenvalue weighted by molar-refractivity contribution is 7.89. The molecule has 0 unspecified atom stereocenters. The molecule has 0 atom stereocenters. The fraction of sp³-hybridized carbons (Fsp3) is 0.308. The minimum atomic E-state index is -3.03. The predicted molar refractivity (Wildman–Crippen MR) is 76.4 cm³/mol. The Hall–Kier alpha value is -1.24. The van der Waals surface area contributed by atoms with Gasteiger partial charge in [-0.3, -0.25) is 0 Å². The summed E-state index contributed by atoms with van der Waals surface area (Å²) in [5.41, 5.74) is 2.12. The van der Waals surface area contributed by atoms with Gasteiger partial charge in [-0.15, -0.1) is 0 Å². The average Bonchev–Trinajstić information content (AvgIpc) is 3.01. The van der Waals surface area contributed by atoms with Crippen LogP contribution in [0.3, 0.4) is 0 Å². The molecule has 1 fully saturated rings. The molecular weight excluding hydrogens is 280 g/mol. The van der Waals surface area contributed by atoms with Crippen molar-refractivity contribution in [2.45, 2.75) is 13.0 Å². The first-order chi connectivity index (χ1) is 9.15. The Balaban J connectivity index is 1.84. The lowest BCUT2D eigenvalue weighted by Crippen LogP contribution is -2.25. The molecule has 2 aromatic rings. The highest BCUT2D eigenvalue weighted by Gasteiger charge is 2.27. The van der Waals surface area contributed by atoms with E-state index in [1.807, 2.05) is 30.3 Å². The van der Waals surface area contributed by atoms with E-state index in [2.05, 4.69) is 4.37 Å². The molecule has 0 bridgehead atoms. The van der Waals surface area contributed by atoms with Crippen LogP contribution in [0.1, 0.15) is 12.0 Å². The van der Waals surface area contributed by atoms with Gasteiger partial charge in [0, 0.05) is 19.3 Å². The van der Waals surface area contributed by atoms with Crippen LogP contribution in [0.5, 0.6) is 0 Å². The summed E-state index contributed by atoms with van der Waals surface area (Å²) in [7, 11) is -3.03. The number of hydrogen-bond acceptors (Lipinski definition) is 4. The standard InChI is InChI=1S/C13H14N2O2S2/c16-19(17)8-2-7-15(19)10-11-3-1-4-12(9-11)13-5-6-14-18-13/h1,3-6,9H,2,7-8,10H2. The second-order valence-electron chi connectivity index (χ2n) is 4.58. The molecule has 0 saturated carbocycles. The molecule has 1 saturated heterocycles. The van der Waals surface area contributed by atoms with E-state index in [1.165, 1.54) is 11.5 Å². The predicted octanol–water partition coefficient (Wildman–Crippen LogP) is 2.35.